The number of amides is 1. The highest BCUT2D eigenvalue weighted by Gasteiger charge is 2.28. The summed E-state index contributed by atoms with van der Waals surface area (Å²) in [5.74, 6) is 1.57. The third-order valence-electron chi connectivity index (χ3n) is 5.50. The molecule has 0 unspecified atom stereocenters. The topological polar surface area (TPSA) is 125 Å². The van der Waals surface area contributed by atoms with E-state index in [1.54, 1.807) is 42.5 Å². The summed E-state index contributed by atoms with van der Waals surface area (Å²) in [5, 5.41) is 3.97. The molecule has 0 fully saturated rings. The molecule has 0 aliphatic carbocycles. The Bertz CT molecular complexity index is 1410. The summed E-state index contributed by atoms with van der Waals surface area (Å²) in [7, 11) is 1.67. The Labute approximate surface area is 227 Å². The SMILES string of the molecule is CCOc1ccc(N(CC(=O)N/N=C\c2ccc(OC)cc2OC)S(=O)(=O)c2ccc(OC)c(OC)c2)cc1. The van der Waals surface area contributed by atoms with E-state index in [1.165, 1.54) is 52.9 Å². The van der Waals surface area contributed by atoms with Crippen LogP contribution < -0.4 is 33.4 Å². The maximum Gasteiger partial charge on any atom is 0.264 e. The van der Waals surface area contributed by atoms with E-state index in [0.717, 1.165) is 4.31 Å². The molecule has 1 N–H and O–H groups in total. The van der Waals surface area contributed by atoms with E-state index >= 15 is 0 Å². The molecule has 12 heteroatoms. The molecule has 3 aromatic carbocycles. The number of carbonyl (C=O) groups excluding carboxylic acids is 1. The number of nitrogens with zero attached hydrogens (tertiary/aromatic N) is 2. The van der Waals surface area contributed by atoms with Crippen LogP contribution in [0.15, 0.2) is 70.7 Å². The lowest BCUT2D eigenvalue weighted by Crippen LogP contribution is -2.39. The van der Waals surface area contributed by atoms with Gasteiger partial charge in [0.15, 0.2) is 11.5 Å². The lowest BCUT2D eigenvalue weighted by molar-refractivity contribution is -0.119. The Kier molecular flexibility index (Phi) is 9.98. The number of methoxy groups -OCH3 is 4. The zero-order valence-electron chi connectivity index (χ0n) is 22.3. The van der Waals surface area contributed by atoms with Crippen LogP contribution in [-0.2, 0) is 14.8 Å². The molecule has 0 heterocycles. The van der Waals surface area contributed by atoms with Gasteiger partial charge in [-0.05, 0) is 55.5 Å². The number of hydrogen-bond acceptors (Lipinski definition) is 9. The molecule has 0 atom stereocenters. The molecular formula is C27H31N3O8S. The molecule has 0 aliphatic rings. The second kappa shape index (κ2) is 13.4. The Hall–Kier alpha value is -4.45. The predicted octanol–water partition coefficient (Wildman–Crippen LogP) is 3.47. The number of benzene rings is 3. The monoisotopic (exact) mass is 557 g/mol. The van der Waals surface area contributed by atoms with Gasteiger partial charge in [0.05, 0.1) is 51.8 Å². The minimum atomic E-state index is -4.22. The molecular weight excluding hydrogens is 526 g/mol. The highest BCUT2D eigenvalue weighted by atomic mass is 32.2. The van der Waals surface area contributed by atoms with Gasteiger partial charge in [0.2, 0.25) is 0 Å². The highest BCUT2D eigenvalue weighted by Crippen LogP contribution is 2.32. The van der Waals surface area contributed by atoms with Crippen molar-refractivity contribution in [2.45, 2.75) is 11.8 Å². The van der Waals surface area contributed by atoms with Crippen molar-refractivity contribution in [3.8, 4) is 28.7 Å². The van der Waals surface area contributed by atoms with Gasteiger partial charge < -0.3 is 23.7 Å². The van der Waals surface area contributed by atoms with Crippen molar-refractivity contribution >= 4 is 27.8 Å². The predicted molar refractivity (Wildman–Crippen MR) is 147 cm³/mol. The first-order valence-corrected chi connectivity index (χ1v) is 13.2. The molecule has 0 bridgehead atoms. The molecule has 11 nitrogen and oxygen atoms in total. The van der Waals surface area contributed by atoms with E-state index in [2.05, 4.69) is 10.5 Å². The maximum atomic E-state index is 13.7. The Morgan fingerprint density at radius 1 is 0.846 bits per heavy atom. The number of ether oxygens (including phenoxy) is 5. The quantitative estimate of drug-likeness (QED) is 0.250. The summed E-state index contributed by atoms with van der Waals surface area (Å²) >= 11 is 0. The summed E-state index contributed by atoms with van der Waals surface area (Å²) < 4.78 is 54.9. The van der Waals surface area contributed by atoms with Gasteiger partial charge in [-0.1, -0.05) is 0 Å². The van der Waals surface area contributed by atoms with Crippen molar-refractivity contribution in [1.29, 1.82) is 0 Å². The lowest BCUT2D eigenvalue weighted by atomic mass is 10.2. The first-order chi connectivity index (χ1) is 18.8. The maximum absolute atomic E-state index is 13.7. The normalized spacial score (nSPS) is 11.1. The van der Waals surface area contributed by atoms with Crippen LogP contribution in [0.2, 0.25) is 0 Å². The average molecular weight is 558 g/mol. The van der Waals surface area contributed by atoms with Crippen LogP contribution in [-0.4, -0.2) is 62.1 Å². The van der Waals surface area contributed by atoms with E-state index < -0.39 is 22.5 Å². The first kappa shape index (κ1) is 29.1. The molecule has 0 spiro atoms. The number of rotatable bonds is 13. The van der Waals surface area contributed by atoms with Crippen LogP contribution >= 0.6 is 0 Å². The molecule has 3 aromatic rings. The molecule has 39 heavy (non-hydrogen) atoms. The zero-order valence-corrected chi connectivity index (χ0v) is 23.2. The van der Waals surface area contributed by atoms with E-state index in [0.29, 0.717) is 35.2 Å². The number of hydrogen-bond donors (Lipinski definition) is 1. The van der Waals surface area contributed by atoms with E-state index in [-0.39, 0.29) is 16.3 Å². The summed E-state index contributed by atoms with van der Waals surface area (Å²) in [6, 6.07) is 15.7. The van der Waals surface area contributed by atoms with Crippen molar-refractivity contribution in [1.82, 2.24) is 5.43 Å². The van der Waals surface area contributed by atoms with Crippen molar-refractivity contribution in [3.63, 3.8) is 0 Å². The van der Waals surface area contributed by atoms with Crippen molar-refractivity contribution in [2.24, 2.45) is 5.10 Å². The van der Waals surface area contributed by atoms with Gasteiger partial charge in [-0.3, -0.25) is 9.10 Å². The largest absolute Gasteiger partial charge is 0.497 e. The Morgan fingerprint density at radius 3 is 2.13 bits per heavy atom. The number of sulfonamides is 1. The number of hydrazone groups is 1. The third kappa shape index (κ3) is 7.11. The highest BCUT2D eigenvalue weighted by molar-refractivity contribution is 7.92. The number of nitrogens with one attached hydrogen (secondary N) is 1. The minimum Gasteiger partial charge on any atom is -0.497 e. The third-order valence-corrected chi connectivity index (χ3v) is 7.27. The minimum absolute atomic E-state index is 0.0895. The molecule has 208 valence electrons. The zero-order chi connectivity index (χ0) is 28.4. The Morgan fingerprint density at radius 2 is 1.51 bits per heavy atom. The number of anilines is 1. The van der Waals surface area contributed by atoms with Gasteiger partial charge in [0.1, 0.15) is 23.8 Å². The number of carbonyl (C=O) groups is 1. The van der Waals surface area contributed by atoms with Gasteiger partial charge in [-0.15, -0.1) is 0 Å². The molecule has 3 rings (SSSR count). The van der Waals surface area contributed by atoms with E-state index in [9.17, 15) is 13.2 Å². The van der Waals surface area contributed by atoms with Gasteiger partial charge in [0.25, 0.3) is 15.9 Å². The average Bonchev–Trinajstić information content (AvgIpc) is 2.96. The van der Waals surface area contributed by atoms with Crippen LogP contribution in [0, 0.1) is 0 Å². The van der Waals surface area contributed by atoms with Crippen LogP contribution in [0.25, 0.3) is 0 Å². The Balaban J connectivity index is 1.90. The van der Waals surface area contributed by atoms with Crippen molar-refractivity contribution in [2.75, 3.05) is 45.9 Å². The van der Waals surface area contributed by atoms with Crippen molar-refractivity contribution in [3.05, 3.63) is 66.2 Å². The summed E-state index contributed by atoms with van der Waals surface area (Å²) in [5.41, 5.74) is 3.21. The van der Waals surface area contributed by atoms with E-state index in [1.807, 2.05) is 6.92 Å². The fraction of sp³-hybridized carbons (Fsp3) is 0.259. The summed E-state index contributed by atoms with van der Waals surface area (Å²) in [6.45, 7) is 1.74. The second-order valence-electron chi connectivity index (χ2n) is 7.86. The van der Waals surface area contributed by atoms with Crippen LogP contribution in [0.1, 0.15) is 12.5 Å². The second-order valence-corrected chi connectivity index (χ2v) is 9.72. The molecule has 0 radical (unpaired) electrons. The molecule has 0 aromatic heterocycles. The fourth-order valence-electron chi connectivity index (χ4n) is 3.56. The van der Waals surface area contributed by atoms with Crippen LogP contribution in [0.3, 0.4) is 0 Å². The standard InChI is InChI=1S/C27H31N3O8S/c1-6-38-21-11-8-20(9-12-21)30(39(32,33)23-13-14-24(35-3)26(16-23)37-5)18-27(31)29-28-17-19-7-10-22(34-2)15-25(19)36-4/h7-17H,6,18H2,1-5H3,(H,29,31)/b28-17-. The van der Waals surface area contributed by atoms with Gasteiger partial charge in [-0.25, -0.2) is 13.8 Å². The van der Waals surface area contributed by atoms with Gasteiger partial charge in [0, 0.05) is 17.7 Å². The molecule has 0 saturated heterocycles. The van der Waals surface area contributed by atoms with Crippen molar-refractivity contribution < 1.29 is 36.9 Å². The molecule has 0 aliphatic heterocycles. The fourth-order valence-corrected chi connectivity index (χ4v) is 5.00. The van der Waals surface area contributed by atoms with Gasteiger partial charge in [-0.2, -0.15) is 5.10 Å². The summed E-state index contributed by atoms with van der Waals surface area (Å²) in [6.07, 6.45) is 1.39. The molecule has 0 saturated carbocycles. The van der Waals surface area contributed by atoms with E-state index in [4.69, 9.17) is 23.7 Å². The summed E-state index contributed by atoms with van der Waals surface area (Å²) in [4.78, 5) is 12.8. The first-order valence-electron chi connectivity index (χ1n) is 11.8. The van der Waals surface area contributed by atoms with Gasteiger partial charge >= 0.3 is 0 Å². The lowest BCUT2D eigenvalue weighted by Gasteiger charge is -2.24. The smallest absolute Gasteiger partial charge is 0.264 e. The molecule has 1 amide bonds. The van der Waals surface area contributed by atoms with Crippen LogP contribution in [0.5, 0.6) is 28.7 Å². The van der Waals surface area contributed by atoms with Crippen LogP contribution in [0.4, 0.5) is 5.69 Å².